The highest BCUT2D eigenvalue weighted by Gasteiger charge is 2.50. The molecule has 3 aliphatic carbocycles. The summed E-state index contributed by atoms with van der Waals surface area (Å²) in [5.41, 5.74) is 5.72. The van der Waals surface area contributed by atoms with E-state index in [2.05, 4.69) is 73.3 Å². The molecule has 3 rings (SSSR count). The number of rotatable bonds is 14. The lowest BCUT2D eigenvalue weighted by Crippen LogP contribution is -2.48. The van der Waals surface area contributed by atoms with Gasteiger partial charge in [-0.15, -0.1) is 23.2 Å². The van der Waals surface area contributed by atoms with Crippen LogP contribution < -0.4 is 0 Å². The minimum absolute atomic E-state index is 0.0920. The van der Waals surface area contributed by atoms with Crippen LogP contribution in [0.4, 0.5) is 0 Å². The Bertz CT molecular complexity index is 975. The van der Waals surface area contributed by atoms with Gasteiger partial charge in [-0.05, 0) is 128 Å². The van der Waals surface area contributed by atoms with Crippen LogP contribution in [0, 0.1) is 41.4 Å². The number of hydrogen-bond acceptors (Lipinski definition) is 1. The van der Waals surface area contributed by atoms with Crippen molar-refractivity contribution >= 4 is 29.0 Å². The Kier molecular flexibility index (Phi) is 13.4. The third-order valence-corrected chi connectivity index (χ3v) is 11.5. The Hall–Kier alpha value is -0.790. The predicted molar refractivity (Wildman–Crippen MR) is 181 cm³/mol. The topological polar surface area (TPSA) is 17.1 Å². The van der Waals surface area contributed by atoms with Gasteiger partial charge in [0.25, 0.3) is 0 Å². The van der Waals surface area contributed by atoms with Gasteiger partial charge in [-0.3, -0.25) is 4.79 Å². The summed E-state index contributed by atoms with van der Waals surface area (Å²) in [4.78, 5) is 13.8. The zero-order valence-electron chi connectivity index (χ0n) is 27.4. The van der Waals surface area contributed by atoms with Crippen molar-refractivity contribution in [1.29, 1.82) is 0 Å². The van der Waals surface area contributed by atoms with Gasteiger partial charge < -0.3 is 0 Å². The number of allylic oxidation sites excluding steroid dienone is 7. The SMILES string of the molecule is C=C1C2CC=C(CCC=C(C)CCC=C(C)C)CC2C(=O)C2CC(Cl)C(CCC(C)C(C)CCCC(C)(C)Cl)CC12. The molecule has 1 nitrogen and oxygen atoms in total. The molecule has 0 N–H and O–H groups in total. The summed E-state index contributed by atoms with van der Waals surface area (Å²) in [6.45, 7) is 20.3. The Morgan fingerprint density at radius 2 is 1.73 bits per heavy atom. The summed E-state index contributed by atoms with van der Waals surface area (Å²) in [5.74, 6) is 3.29. The fourth-order valence-corrected chi connectivity index (χ4v) is 8.33. The Morgan fingerprint density at radius 1 is 1.02 bits per heavy atom. The van der Waals surface area contributed by atoms with Crippen LogP contribution >= 0.6 is 23.2 Å². The highest BCUT2D eigenvalue weighted by Crippen LogP contribution is 2.53. The molecule has 8 unspecified atom stereocenters. The van der Waals surface area contributed by atoms with E-state index in [1.165, 1.54) is 48.0 Å². The fourth-order valence-electron chi connectivity index (χ4n) is 7.77. The third kappa shape index (κ3) is 10.4. The second-order valence-electron chi connectivity index (χ2n) is 15.0. The highest BCUT2D eigenvalue weighted by atomic mass is 35.5. The van der Waals surface area contributed by atoms with E-state index >= 15 is 0 Å². The molecule has 0 bridgehead atoms. The van der Waals surface area contributed by atoms with Gasteiger partial charge in [0.05, 0.1) is 0 Å². The smallest absolute Gasteiger partial charge is 0.140 e. The van der Waals surface area contributed by atoms with E-state index in [1.54, 1.807) is 0 Å². The van der Waals surface area contributed by atoms with Crippen LogP contribution in [0.25, 0.3) is 0 Å². The zero-order chi connectivity index (χ0) is 30.3. The average molecular weight is 604 g/mol. The molecular weight excluding hydrogens is 543 g/mol. The molecule has 0 spiro atoms. The van der Waals surface area contributed by atoms with E-state index in [4.69, 9.17) is 23.2 Å². The maximum absolute atomic E-state index is 13.9. The molecular formula is C38H60Cl2O. The van der Waals surface area contributed by atoms with Gasteiger partial charge in [0, 0.05) is 22.1 Å². The molecule has 3 aliphatic rings. The molecule has 0 heterocycles. The van der Waals surface area contributed by atoms with Crippen molar-refractivity contribution in [2.75, 3.05) is 0 Å². The van der Waals surface area contributed by atoms with E-state index in [-0.39, 0.29) is 22.1 Å². The fraction of sp³-hybridized carbons (Fsp3) is 0.763. The normalized spacial score (nSPS) is 30.3. The number of hydrogen-bond donors (Lipinski definition) is 0. The maximum atomic E-state index is 13.9. The van der Waals surface area contributed by atoms with Crippen LogP contribution in [0.3, 0.4) is 0 Å². The number of Topliss-reactive ketones (excluding diaryl/α,β-unsaturated/α-hetero) is 1. The first-order valence-electron chi connectivity index (χ1n) is 16.8. The molecule has 0 saturated heterocycles. The van der Waals surface area contributed by atoms with Gasteiger partial charge in [-0.1, -0.05) is 80.2 Å². The Morgan fingerprint density at radius 3 is 2.41 bits per heavy atom. The van der Waals surface area contributed by atoms with Crippen LogP contribution in [0.15, 0.2) is 47.1 Å². The summed E-state index contributed by atoms with van der Waals surface area (Å²) in [6, 6.07) is 0. The van der Waals surface area contributed by atoms with Crippen LogP contribution in [-0.4, -0.2) is 16.0 Å². The van der Waals surface area contributed by atoms with E-state index in [0.29, 0.717) is 35.4 Å². The number of carbonyl (C=O) groups is 1. The average Bonchev–Trinajstić information content (AvgIpc) is 2.89. The Balaban J connectivity index is 1.51. The molecule has 232 valence electrons. The number of ketones is 1. The summed E-state index contributed by atoms with van der Waals surface area (Å²) >= 11 is 13.5. The molecule has 0 aromatic carbocycles. The molecule has 3 heteroatoms. The monoisotopic (exact) mass is 602 g/mol. The first kappa shape index (κ1) is 34.7. The second kappa shape index (κ2) is 15.8. The highest BCUT2D eigenvalue weighted by molar-refractivity contribution is 6.23. The number of halogens is 2. The second-order valence-corrected chi connectivity index (χ2v) is 16.6. The van der Waals surface area contributed by atoms with Crippen molar-refractivity contribution in [3.05, 3.63) is 47.1 Å². The molecule has 0 radical (unpaired) electrons. The third-order valence-electron chi connectivity index (χ3n) is 10.8. The molecule has 41 heavy (non-hydrogen) atoms. The van der Waals surface area contributed by atoms with Crippen LogP contribution in [0.5, 0.6) is 0 Å². The van der Waals surface area contributed by atoms with Crippen molar-refractivity contribution in [3.63, 3.8) is 0 Å². The van der Waals surface area contributed by atoms with Crippen molar-refractivity contribution in [1.82, 2.24) is 0 Å². The molecule has 8 atom stereocenters. The largest absolute Gasteiger partial charge is 0.299 e. The van der Waals surface area contributed by atoms with Gasteiger partial charge in [0.15, 0.2) is 0 Å². The lowest BCUT2D eigenvalue weighted by atomic mass is 9.55. The lowest BCUT2D eigenvalue weighted by Gasteiger charge is -2.49. The van der Waals surface area contributed by atoms with Crippen molar-refractivity contribution in [2.24, 2.45) is 41.4 Å². The summed E-state index contributed by atoms with van der Waals surface area (Å²) in [6.07, 6.45) is 21.4. The van der Waals surface area contributed by atoms with Crippen molar-refractivity contribution in [2.45, 2.75) is 142 Å². The van der Waals surface area contributed by atoms with E-state index in [9.17, 15) is 4.79 Å². The number of alkyl halides is 2. The first-order chi connectivity index (χ1) is 19.3. The minimum Gasteiger partial charge on any atom is -0.299 e. The van der Waals surface area contributed by atoms with E-state index < -0.39 is 0 Å². The molecule has 2 fully saturated rings. The van der Waals surface area contributed by atoms with Gasteiger partial charge in [0.1, 0.15) is 5.78 Å². The molecule has 0 amide bonds. The zero-order valence-corrected chi connectivity index (χ0v) is 28.9. The van der Waals surface area contributed by atoms with E-state index in [1.807, 2.05) is 0 Å². The van der Waals surface area contributed by atoms with Crippen LogP contribution in [0.1, 0.15) is 132 Å². The summed E-state index contributed by atoms with van der Waals surface area (Å²) in [7, 11) is 0. The van der Waals surface area contributed by atoms with Crippen LogP contribution in [-0.2, 0) is 4.79 Å². The quantitative estimate of drug-likeness (QED) is 0.143. The van der Waals surface area contributed by atoms with E-state index in [0.717, 1.165) is 57.8 Å². The van der Waals surface area contributed by atoms with Crippen LogP contribution in [0.2, 0.25) is 0 Å². The molecule has 0 aromatic rings. The standard InChI is InChI=1S/C38H60Cl2O/c1-25(2)12-9-13-26(3)14-10-16-30-18-20-32-29(6)33-23-31(36(39)24-35(33)37(41)34(32)22-30)19-17-28(5)27(4)15-11-21-38(7,8)40/h12,14,18,27-28,31-36H,6,9-11,13,15-17,19-24H2,1-5,7-8H3. The molecule has 0 aliphatic heterocycles. The van der Waals surface area contributed by atoms with Gasteiger partial charge >= 0.3 is 0 Å². The first-order valence-corrected chi connectivity index (χ1v) is 17.6. The minimum atomic E-state index is -0.0937. The van der Waals surface area contributed by atoms with Gasteiger partial charge in [-0.25, -0.2) is 0 Å². The Labute approximate surface area is 263 Å². The summed E-state index contributed by atoms with van der Waals surface area (Å²) in [5, 5.41) is 0.113. The summed E-state index contributed by atoms with van der Waals surface area (Å²) < 4.78 is 0. The van der Waals surface area contributed by atoms with Crippen molar-refractivity contribution < 1.29 is 4.79 Å². The number of fused-ring (bicyclic) bond motifs is 2. The molecule has 0 aromatic heterocycles. The predicted octanol–water partition coefficient (Wildman–Crippen LogP) is 12.0. The van der Waals surface area contributed by atoms with Gasteiger partial charge in [-0.2, -0.15) is 0 Å². The van der Waals surface area contributed by atoms with Gasteiger partial charge in [0.2, 0.25) is 0 Å². The number of carbonyl (C=O) groups excluding carboxylic acids is 1. The lowest BCUT2D eigenvalue weighted by molar-refractivity contribution is -0.133. The maximum Gasteiger partial charge on any atom is 0.140 e. The van der Waals surface area contributed by atoms with Crippen molar-refractivity contribution in [3.8, 4) is 0 Å². The molecule has 2 saturated carbocycles.